The molecule has 0 aliphatic heterocycles. The molecule has 0 bridgehead atoms. The van der Waals surface area contributed by atoms with Gasteiger partial charge in [0.2, 0.25) is 0 Å². The Morgan fingerprint density at radius 1 is 1.30 bits per heavy atom. The standard InChI is InChI=1S/C15H27N3O2/c1-14(2,3)20-13(19)16-11-15(4,5)17-9-12-7-8-18(6)10-12/h7-8,10,17H,9,11H2,1-6H3,(H,16,19). The van der Waals surface area contributed by atoms with Gasteiger partial charge in [0.15, 0.2) is 0 Å². The van der Waals surface area contributed by atoms with Crippen LogP contribution < -0.4 is 10.6 Å². The van der Waals surface area contributed by atoms with E-state index in [1.54, 1.807) is 0 Å². The summed E-state index contributed by atoms with van der Waals surface area (Å²) in [5.41, 5.74) is 0.552. The van der Waals surface area contributed by atoms with Crippen LogP contribution in [0, 0.1) is 0 Å². The summed E-state index contributed by atoms with van der Waals surface area (Å²) in [6.07, 6.45) is 3.71. The first-order valence-corrected chi connectivity index (χ1v) is 6.90. The van der Waals surface area contributed by atoms with Crippen molar-refractivity contribution in [2.75, 3.05) is 6.54 Å². The molecule has 0 aliphatic carbocycles. The van der Waals surface area contributed by atoms with Crippen LogP contribution in [0.3, 0.4) is 0 Å². The Bertz CT molecular complexity index is 444. The van der Waals surface area contributed by atoms with E-state index in [1.807, 2.05) is 52.4 Å². The molecule has 0 fully saturated rings. The minimum Gasteiger partial charge on any atom is -0.444 e. The highest BCUT2D eigenvalue weighted by atomic mass is 16.6. The van der Waals surface area contributed by atoms with E-state index < -0.39 is 5.60 Å². The molecule has 1 aromatic heterocycles. The predicted molar refractivity (Wildman–Crippen MR) is 80.6 cm³/mol. The molecule has 0 radical (unpaired) electrons. The number of ether oxygens (including phenoxy) is 1. The molecule has 20 heavy (non-hydrogen) atoms. The van der Waals surface area contributed by atoms with Crippen molar-refractivity contribution in [2.24, 2.45) is 7.05 Å². The highest BCUT2D eigenvalue weighted by molar-refractivity contribution is 5.67. The summed E-state index contributed by atoms with van der Waals surface area (Å²) in [5, 5.41) is 6.22. The molecule has 5 nitrogen and oxygen atoms in total. The van der Waals surface area contributed by atoms with Crippen molar-refractivity contribution >= 4 is 6.09 Å². The van der Waals surface area contributed by atoms with Crippen LogP contribution in [0.4, 0.5) is 4.79 Å². The number of carbonyl (C=O) groups is 1. The number of hydrogen-bond acceptors (Lipinski definition) is 3. The molecule has 2 N–H and O–H groups in total. The van der Waals surface area contributed by atoms with E-state index in [2.05, 4.69) is 22.9 Å². The summed E-state index contributed by atoms with van der Waals surface area (Å²) in [4.78, 5) is 11.6. The fourth-order valence-electron chi connectivity index (χ4n) is 1.68. The number of aromatic nitrogens is 1. The first-order valence-electron chi connectivity index (χ1n) is 6.90. The van der Waals surface area contributed by atoms with E-state index in [-0.39, 0.29) is 11.6 Å². The van der Waals surface area contributed by atoms with Crippen LogP contribution in [0.2, 0.25) is 0 Å². The summed E-state index contributed by atoms with van der Waals surface area (Å²) < 4.78 is 7.23. The molecule has 0 aliphatic rings. The van der Waals surface area contributed by atoms with Crippen molar-refractivity contribution in [3.8, 4) is 0 Å². The quantitative estimate of drug-likeness (QED) is 0.871. The van der Waals surface area contributed by atoms with Gasteiger partial charge in [0.25, 0.3) is 0 Å². The molecule has 1 heterocycles. The van der Waals surface area contributed by atoms with E-state index in [0.717, 1.165) is 6.54 Å². The van der Waals surface area contributed by atoms with Crippen molar-refractivity contribution in [1.29, 1.82) is 0 Å². The molecule has 0 spiro atoms. The van der Waals surface area contributed by atoms with Crippen molar-refractivity contribution < 1.29 is 9.53 Å². The lowest BCUT2D eigenvalue weighted by Crippen LogP contribution is -2.49. The molecule has 0 saturated heterocycles. The minimum absolute atomic E-state index is 0.202. The van der Waals surface area contributed by atoms with E-state index >= 15 is 0 Å². The van der Waals surface area contributed by atoms with Gasteiger partial charge in [-0.2, -0.15) is 0 Å². The summed E-state index contributed by atoms with van der Waals surface area (Å²) >= 11 is 0. The van der Waals surface area contributed by atoms with Crippen LogP contribution >= 0.6 is 0 Å². The molecule has 5 heteroatoms. The molecule has 0 saturated carbocycles. The maximum absolute atomic E-state index is 11.6. The SMILES string of the molecule is Cn1ccc(CNC(C)(C)CNC(=O)OC(C)(C)C)c1. The topological polar surface area (TPSA) is 55.3 Å². The van der Waals surface area contributed by atoms with Crippen molar-refractivity contribution in [3.05, 3.63) is 24.0 Å². The first-order chi connectivity index (χ1) is 9.07. The number of alkyl carbamates (subject to hydrolysis) is 1. The van der Waals surface area contributed by atoms with Gasteiger partial charge in [-0.15, -0.1) is 0 Å². The highest BCUT2D eigenvalue weighted by Gasteiger charge is 2.21. The molecular weight excluding hydrogens is 254 g/mol. The number of aryl methyl sites for hydroxylation is 1. The largest absolute Gasteiger partial charge is 0.444 e. The third-order valence-corrected chi connectivity index (χ3v) is 2.74. The van der Waals surface area contributed by atoms with Gasteiger partial charge in [-0.05, 0) is 46.2 Å². The van der Waals surface area contributed by atoms with Gasteiger partial charge in [0.1, 0.15) is 5.60 Å². The van der Waals surface area contributed by atoms with E-state index in [1.165, 1.54) is 5.56 Å². The molecule has 1 aromatic rings. The van der Waals surface area contributed by atoms with Crippen molar-refractivity contribution in [1.82, 2.24) is 15.2 Å². The zero-order valence-corrected chi connectivity index (χ0v) is 13.4. The van der Waals surface area contributed by atoms with E-state index in [0.29, 0.717) is 6.54 Å². The fraction of sp³-hybridized carbons (Fsp3) is 0.667. The van der Waals surface area contributed by atoms with E-state index in [4.69, 9.17) is 4.74 Å². The van der Waals surface area contributed by atoms with Crippen LogP contribution in [0.5, 0.6) is 0 Å². The molecule has 0 atom stereocenters. The van der Waals surface area contributed by atoms with Gasteiger partial charge < -0.3 is 19.9 Å². The third-order valence-electron chi connectivity index (χ3n) is 2.74. The number of hydrogen-bond donors (Lipinski definition) is 2. The van der Waals surface area contributed by atoms with Gasteiger partial charge in [-0.25, -0.2) is 4.79 Å². The monoisotopic (exact) mass is 281 g/mol. The zero-order valence-electron chi connectivity index (χ0n) is 13.4. The van der Waals surface area contributed by atoms with Crippen LogP contribution in [-0.2, 0) is 18.3 Å². The van der Waals surface area contributed by atoms with Gasteiger partial charge >= 0.3 is 6.09 Å². The number of amides is 1. The predicted octanol–water partition coefficient (Wildman–Crippen LogP) is 2.42. The lowest BCUT2D eigenvalue weighted by molar-refractivity contribution is 0.0513. The fourth-order valence-corrected chi connectivity index (χ4v) is 1.68. The zero-order chi connectivity index (χ0) is 15.4. The Balaban J connectivity index is 2.35. The average Bonchev–Trinajstić information content (AvgIpc) is 2.68. The van der Waals surface area contributed by atoms with Gasteiger partial charge in [0.05, 0.1) is 0 Å². The van der Waals surface area contributed by atoms with Crippen LogP contribution in [0.15, 0.2) is 18.5 Å². The van der Waals surface area contributed by atoms with Crippen LogP contribution in [0.1, 0.15) is 40.2 Å². The number of nitrogens with one attached hydrogen (secondary N) is 2. The third kappa shape index (κ3) is 6.61. The normalized spacial score (nSPS) is 12.3. The number of rotatable bonds is 5. The summed E-state index contributed by atoms with van der Waals surface area (Å²) in [7, 11) is 2.00. The Kier molecular flexibility index (Phi) is 5.22. The second-order valence-electron chi connectivity index (χ2n) is 6.78. The molecule has 0 aromatic carbocycles. The molecule has 0 unspecified atom stereocenters. The molecule has 114 valence electrons. The number of carbonyl (C=O) groups excluding carboxylic acids is 1. The van der Waals surface area contributed by atoms with E-state index in [9.17, 15) is 4.79 Å². The Hall–Kier alpha value is -1.49. The van der Waals surface area contributed by atoms with Crippen LogP contribution in [-0.4, -0.2) is 28.3 Å². The molecule has 1 amide bonds. The minimum atomic E-state index is -0.467. The lowest BCUT2D eigenvalue weighted by Gasteiger charge is -2.27. The van der Waals surface area contributed by atoms with Gasteiger partial charge in [0, 0.05) is 38.1 Å². The van der Waals surface area contributed by atoms with Crippen molar-refractivity contribution in [3.63, 3.8) is 0 Å². The second-order valence-corrected chi connectivity index (χ2v) is 6.78. The Morgan fingerprint density at radius 2 is 1.95 bits per heavy atom. The molecular formula is C15H27N3O2. The van der Waals surface area contributed by atoms with Gasteiger partial charge in [-0.3, -0.25) is 0 Å². The summed E-state index contributed by atoms with van der Waals surface area (Å²) in [6.45, 7) is 10.9. The maximum Gasteiger partial charge on any atom is 0.407 e. The molecule has 1 rings (SSSR count). The average molecular weight is 281 g/mol. The maximum atomic E-state index is 11.6. The lowest BCUT2D eigenvalue weighted by atomic mass is 10.1. The van der Waals surface area contributed by atoms with Gasteiger partial charge in [-0.1, -0.05) is 0 Å². The summed E-state index contributed by atoms with van der Waals surface area (Å²) in [6, 6.07) is 2.07. The number of nitrogens with zero attached hydrogens (tertiary/aromatic N) is 1. The first kappa shape index (κ1) is 16.6. The smallest absolute Gasteiger partial charge is 0.407 e. The Labute approximate surface area is 121 Å². The second kappa shape index (κ2) is 6.31. The van der Waals surface area contributed by atoms with Crippen LogP contribution in [0.25, 0.3) is 0 Å². The highest BCUT2D eigenvalue weighted by Crippen LogP contribution is 2.08. The van der Waals surface area contributed by atoms with Crippen molar-refractivity contribution in [2.45, 2.75) is 52.3 Å². The Morgan fingerprint density at radius 3 is 2.45 bits per heavy atom. The summed E-state index contributed by atoms with van der Waals surface area (Å²) in [5.74, 6) is 0.